The first-order valence-corrected chi connectivity index (χ1v) is 8.60. The minimum atomic E-state index is -3.96. The molecule has 5 nitrogen and oxygen atoms in total. The Hall–Kier alpha value is -1.49. The van der Waals surface area contributed by atoms with Crippen LogP contribution in [0.5, 0.6) is 0 Å². The third-order valence-electron chi connectivity index (χ3n) is 3.66. The van der Waals surface area contributed by atoms with E-state index in [4.69, 9.17) is 10.00 Å². The molecule has 1 fully saturated rings. The zero-order valence-electron chi connectivity index (χ0n) is 12.5. The summed E-state index contributed by atoms with van der Waals surface area (Å²) in [5.74, 6) is -0.684. The van der Waals surface area contributed by atoms with Gasteiger partial charge in [0.2, 0.25) is 10.0 Å². The van der Waals surface area contributed by atoms with E-state index in [2.05, 4.69) is 0 Å². The van der Waals surface area contributed by atoms with Crippen molar-refractivity contribution in [1.29, 1.82) is 5.26 Å². The van der Waals surface area contributed by atoms with Crippen LogP contribution in [0.4, 0.5) is 4.39 Å². The second-order valence-electron chi connectivity index (χ2n) is 5.43. The molecule has 2 rings (SSSR count). The molecule has 0 radical (unpaired) electrons. The van der Waals surface area contributed by atoms with E-state index in [-0.39, 0.29) is 30.3 Å². The van der Waals surface area contributed by atoms with E-state index in [1.54, 1.807) is 6.92 Å². The molecule has 0 unspecified atom stereocenters. The van der Waals surface area contributed by atoms with Crippen molar-refractivity contribution in [3.63, 3.8) is 0 Å². The third-order valence-corrected chi connectivity index (χ3v) is 5.54. The van der Waals surface area contributed by atoms with Crippen LogP contribution in [0.2, 0.25) is 0 Å². The SMILES string of the molecule is Cc1ccc(F)c(S(=O)(=O)N(CCC#N)C[C@H]2CCOC2)c1. The minimum Gasteiger partial charge on any atom is -0.381 e. The molecule has 1 aliphatic rings. The Balaban J connectivity index is 2.30. The van der Waals surface area contributed by atoms with E-state index in [1.807, 2.05) is 6.07 Å². The molecule has 1 atom stereocenters. The van der Waals surface area contributed by atoms with Crippen LogP contribution < -0.4 is 0 Å². The van der Waals surface area contributed by atoms with Gasteiger partial charge >= 0.3 is 0 Å². The molecule has 0 aliphatic carbocycles. The molecule has 0 saturated carbocycles. The van der Waals surface area contributed by atoms with Gasteiger partial charge in [-0.05, 0) is 37.0 Å². The number of hydrogen-bond donors (Lipinski definition) is 0. The molecular weight excluding hydrogens is 307 g/mol. The van der Waals surface area contributed by atoms with Gasteiger partial charge in [0.15, 0.2) is 0 Å². The van der Waals surface area contributed by atoms with Gasteiger partial charge in [-0.2, -0.15) is 9.57 Å². The second-order valence-corrected chi connectivity index (χ2v) is 7.34. The summed E-state index contributed by atoms with van der Waals surface area (Å²) in [4.78, 5) is -0.329. The Morgan fingerprint density at radius 2 is 2.27 bits per heavy atom. The van der Waals surface area contributed by atoms with Crippen molar-refractivity contribution >= 4 is 10.0 Å². The maximum atomic E-state index is 14.0. The molecule has 0 amide bonds. The molecule has 22 heavy (non-hydrogen) atoms. The fourth-order valence-corrected chi connectivity index (χ4v) is 4.11. The van der Waals surface area contributed by atoms with Crippen LogP contribution in [0, 0.1) is 30.0 Å². The first-order valence-electron chi connectivity index (χ1n) is 7.16. The lowest BCUT2D eigenvalue weighted by Crippen LogP contribution is -2.36. The number of aryl methyl sites for hydroxylation is 1. The lowest BCUT2D eigenvalue weighted by Gasteiger charge is -2.24. The number of ether oxygens (including phenoxy) is 1. The maximum absolute atomic E-state index is 14.0. The van der Waals surface area contributed by atoms with Gasteiger partial charge in [-0.15, -0.1) is 0 Å². The highest BCUT2D eigenvalue weighted by molar-refractivity contribution is 7.89. The number of rotatable bonds is 6. The van der Waals surface area contributed by atoms with E-state index < -0.39 is 15.8 Å². The van der Waals surface area contributed by atoms with Gasteiger partial charge in [0.25, 0.3) is 0 Å². The maximum Gasteiger partial charge on any atom is 0.246 e. The van der Waals surface area contributed by atoms with Crippen molar-refractivity contribution < 1.29 is 17.5 Å². The monoisotopic (exact) mass is 326 g/mol. The predicted molar refractivity (Wildman–Crippen MR) is 79.1 cm³/mol. The van der Waals surface area contributed by atoms with Crippen LogP contribution in [-0.2, 0) is 14.8 Å². The summed E-state index contributed by atoms with van der Waals surface area (Å²) in [7, 11) is -3.96. The third kappa shape index (κ3) is 3.83. The molecular formula is C15H19FN2O3S. The zero-order valence-corrected chi connectivity index (χ0v) is 13.3. The van der Waals surface area contributed by atoms with E-state index in [1.165, 1.54) is 16.4 Å². The Morgan fingerprint density at radius 3 is 2.91 bits per heavy atom. The number of sulfonamides is 1. The fourth-order valence-electron chi connectivity index (χ4n) is 2.45. The van der Waals surface area contributed by atoms with Crippen LogP contribution >= 0.6 is 0 Å². The first-order chi connectivity index (χ1) is 10.4. The van der Waals surface area contributed by atoms with Gasteiger partial charge in [-0.1, -0.05) is 6.07 Å². The van der Waals surface area contributed by atoms with Crippen LogP contribution in [-0.4, -0.2) is 39.0 Å². The molecule has 0 aromatic heterocycles. The zero-order chi connectivity index (χ0) is 16.2. The van der Waals surface area contributed by atoms with E-state index in [9.17, 15) is 12.8 Å². The molecule has 1 saturated heterocycles. The second kappa shape index (κ2) is 7.18. The Labute approximate surface area is 130 Å². The summed E-state index contributed by atoms with van der Waals surface area (Å²) in [6, 6.07) is 5.95. The first kappa shape index (κ1) is 16.9. The van der Waals surface area contributed by atoms with Crippen LogP contribution in [0.3, 0.4) is 0 Å². The number of nitrogens with zero attached hydrogens (tertiary/aromatic N) is 2. The summed E-state index contributed by atoms with van der Waals surface area (Å²) >= 11 is 0. The average molecular weight is 326 g/mol. The largest absolute Gasteiger partial charge is 0.381 e. The van der Waals surface area contributed by atoms with Crippen molar-refractivity contribution in [3.05, 3.63) is 29.6 Å². The van der Waals surface area contributed by atoms with Gasteiger partial charge in [0.05, 0.1) is 12.7 Å². The Kier molecular flexibility index (Phi) is 5.51. The number of benzene rings is 1. The summed E-state index contributed by atoms with van der Waals surface area (Å²) < 4.78 is 45.9. The van der Waals surface area contributed by atoms with E-state index in [0.717, 1.165) is 12.5 Å². The number of hydrogen-bond acceptors (Lipinski definition) is 4. The summed E-state index contributed by atoms with van der Waals surface area (Å²) in [5, 5.41) is 8.74. The van der Waals surface area contributed by atoms with Crippen LogP contribution in [0.25, 0.3) is 0 Å². The normalized spacial score (nSPS) is 18.5. The predicted octanol–water partition coefficient (Wildman–Crippen LogP) is 2.08. The van der Waals surface area contributed by atoms with Gasteiger partial charge < -0.3 is 4.74 Å². The molecule has 0 spiro atoms. The minimum absolute atomic E-state index is 0.0582. The lowest BCUT2D eigenvalue weighted by atomic mass is 10.1. The van der Waals surface area contributed by atoms with Crippen molar-refractivity contribution in [2.24, 2.45) is 5.92 Å². The lowest BCUT2D eigenvalue weighted by molar-refractivity contribution is 0.180. The van der Waals surface area contributed by atoms with Crippen molar-refractivity contribution in [2.75, 3.05) is 26.3 Å². The van der Waals surface area contributed by atoms with E-state index in [0.29, 0.717) is 18.8 Å². The van der Waals surface area contributed by atoms with Gasteiger partial charge in [-0.25, -0.2) is 12.8 Å². The Bertz CT molecular complexity index is 664. The summed E-state index contributed by atoms with van der Waals surface area (Å²) in [6.07, 6.45) is 0.842. The molecule has 0 N–H and O–H groups in total. The number of halogens is 1. The quantitative estimate of drug-likeness (QED) is 0.802. The number of nitriles is 1. The van der Waals surface area contributed by atoms with Gasteiger partial charge in [0.1, 0.15) is 10.7 Å². The van der Waals surface area contributed by atoms with Crippen molar-refractivity contribution in [1.82, 2.24) is 4.31 Å². The van der Waals surface area contributed by atoms with Crippen LogP contribution in [0.15, 0.2) is 23.1 Å². The van der Waals surface area contributed by atoms with Gasteiger partial charge in [-0.3, -0.25) is 0 Å². The van der Waals surface area contributed by atoms with Crippen LogP contribution in [0.1, 0.15) is 18.4 Å². The molecule has 120 valence electrons. The van der Waals surface area contributed by atoms with E-state index >= 15 is 0 Å². The fraction of sp³-hybridized carbons (Fsp3) is 0.533. The molecule has 1 aliphatic heterocycles. The highest BCUT2D eigenvalue weighted by Gasteiger charge is 2.30. The van der Waals surface area contributed by atoms with Crippen molar-refractivity contribution in [2.45, 2.75) is 24.7 Å². The average Bonchev–Trinajstić information content (AvgIpc) is 2.98. The highest BCUT2D eigenvalue weighted by Crippen LogP contribution is 2.24. The summed E-state index contributed by atoms with van der Waals surface area (Å²) in [6.45, 7) is 3.12. The Morgan fingerprint density at radius 1 is 1.50 bits per heavy atom. The molecule has 1 heterocycles. The summed E-state index contributed by atoms with van der Waals surface area (Å²) in [5.41, 5.74) is 0.671. The molecule has 0 bridgehead atoms. The smallest absolute Gasteiger partial charge is 0.246 e. The highest BCUT2D eigenvalue weighted by atomic mass is 32.2. The molecule has 1 aromatic carbocycles. The van der Waals surface area contributed by atoms with Gasteiger partial charge in [0, 0.05) is 26.1 Å². The molecule has 1 aromatic rings. The molecule has 7 heteroatoms. The van der Waals surface area contributed by atoms with Crippen molar-refractivity contribution in [3.8, 4) is 6.07 Å². The standard InChI is InChI=1S/C15H19FN2O3S/c1-12-3-4-14(16)15(9-12)22(19,20)18(7-2-6-17)10-13-5-8-21-11-13/h3-4,9,13H,2,5,7-8,10-11H2,1H3/t13-/m1/s1. The topological polar surface area (TPSA) is 70.4 Å².